The molecule has 0 bridgehead atoms. The van der Waals surface area contributed by atoms with Crippen LogP contribution in [0.15, 0.2) is 0 Å². The standard InChI is InChI=1S/C53H78O20/c1-25-14-19-53(63-22-25)26(2)42-39(73-53)21-38-36-13-12-34-20-35(15-17-51(34,10)37(36)16-18-52(38,42)11)69-49-47(67-32(8)59)46(66-31(7)58)44(41(70-49)24-62-28(4)55)72-50-48(68-33(9)60)45(65-30(6)57)43(64-29(5)56)40(71-50)23-61-27(3)54/h25-26,34-50H,12-24H2,1-11H3/t25-,26-,34?,35-,36+,37-,38-,39?,40+,41+,42?,43+,44+,45-,46-,47+,48+,49+,50-,51-,52-,53+/m0/s1. The lowest BCUT2D eigenvalue weighted by atomic mass is 9.44. The maximum Gasteiger partial charge on any atom is 0.303 e. The van der Waals surface area contributed by atoms with Crippen molar-refractivity contribution in [1.29, 1.82) is 0 Å². The summed E-state index contributed by atoms with van der Waals surface area (Å²) < 4.78 is 79.2. The molecular formula is C53H78O20. The van der Waals surface area contributed by atoms with Crippen LogP contribution in [0.5, 0.6) is 0 Å². The van der Waals surface area contributed by atoms with Crippen molar-refractivity contribution in [3.8, 4) is 0 Å². The first-order chi connectivity index (χ1) is 34.4. The first kappa shape index (κ1) is 55.3. The van der Waals surface area contributed by atoms with Gasteiger partial charge in [0.05, 0.1) is 18.8 Å². The Labute approximate surface area is 427 Å². The predicted octanol–water partition coefficient (Wildman–Crippen LogP) is 5.44. The van der Waals surface area contributed by atoms with Crippen molar-refractivity contribution in [2.75, 3.05) is 19.8 Å². The molecule has 8 aliphatic rings. The molecule has 8 rings (SSSR count). The van der Waals surface area contributed by atoms with Crippen molar-refractivity contribution >= 4 is 41.8 Å². The van der Waals surface area contributed by atoms with Crippen LogP contribution in [-0.2, 0) is 95.1 Å². The van der Waals surface area contributed by atoms with Gasteiger partial charge in [-0.15, -0.1) is 0 Å². The molecule has 0 radical (unpaired) electrons. The average molecular weight is 1040 g/mol. The maximum absolute atomic E-state index is 13.1. The van der Waals surface area contributed by atoms with E-state index >= 15 is 0 Å². The minimum Gasteiger partial charge on any atom is -0.463 e. The molecule has 73 heavy (non-hydrogen) atoms. The minimum absolute atomic E-state index is 0.0577. The smallest absolute Gasteiger partial charge is 0.303 e. The molecule has 4 aliphatic carbocycles. The van der Waals surface area contributed by atoms with E-state index < -0.39 is 122 Å². The van der Waals surface area contributed by atoms with Crippen LogP contribution in [0, 0.1) is 52.3 Å². The summed E-state index contributed by atoms with van der Waals surface area (Å²) in [5, 5.41) is 0. The number of carbonyl (C=O) groups is 7. The lowest BCUT2D eigenvalue weighted by Crippen LogP contribution is -2.67. The number of fused-ring (bicyclic) bond motifs is 7. The van der Waals surface area contributed by atoms with Gasteiger partial charge >= 0.3 is 41.8 Å². The minimum atomic E-state index is -1.78. The molecule has 8 fully saturated rings. The molecule has 1 spiro atoms. The van der Waals surface area contributed by atoms with Crippen LogP contribution in [0.3, 0.4) is 0 Å². The number of rotatable bonds is 13. The first-order valence-corrected chi connectivity index (χ1v) is 26.5. The largest absolute Gasteiger partial charge is 0.463 e. The van der Waals surface area contributed by atoms with Gasteiger partial charge in [0.15, 0.2) is 48.9 Å². The highest BCUT2D eigenvalue weighted by Crippen LogP contribution is 2.71. The third kappa shape index (κ3) is 11.3. The van der Waals surface area contributed by atoms with Gasteiger partial charge in [0.2, 0.25) is 0 Å². The lowest BCUT2D eigenvalue weighted by Gasteiger charge is -2.61. The van der Waals surface area contributed by atoms with E-state index in [2.05, 4.69) is 27.7 Å². The van der Waals surface area contributed by atoms with Gasteiger partial charge in [0, 0.05) is 60.8 Å². The first-order valence-electron chi connectivity index (χ1n) is 26.5. The fourth-order valence-electron chi connectivity index (χ4n) is 15.1. The van der Waals surface area contributed by atoms with E-state index in [-0.39, 0.29) is 23.0 Å². The average Bonchev–Trinajstić information content (AvgIpc) is 3.75. The van der Waals surface area contributed by atoms with Crippen LogP contribution in [0.2, 0.25) is 0 Å². The van der Waals surface area contributed by atoms with Crippen LogP contribution < -0.4 is 0 Å². The molecule has 4 saturated carbocycles. The topological polar surface area (TPSA) is 239 Å². The van der Waals surface area contributed by atoms with Crippen molar-refractivity contribution in [2.24, 2.45) is 52.3 Å². The fourth-order valence-corrected chi connectivity index (χ4v) is 15.1. The number of ether oxygens (including phenoxy) is 13. The summed E-state index contributed by atoms with van der Waals surface area (Å²) in [6.45, 7) is 17.2. The van der Waals surface area contributed by atoms with E-state index in [9.17, 15) is 33.6 Å². The molecule has 0 N–H and O–H groups in total. The quantitative estimate of drug-likeness (QED) is 0.127. The SMILES string of the molecule is CC(=O)OC[C@H]1O[C@@H](O[C@H]2[C@H](OC(C)=O)[C@@H](OC(C)=O)[C@H](O[C@H]3CC[C@@]4(C)C(CC[C@@H]5[C@@H]4CC[C@]4(C)C6C(C[C@@H]54)O[C@]4(CC[C@H](C)CO4)[C@H]6C)C3)O[C@@H]2COC(C)=O)[C@H](OC(C)=O)[C@@H](OC(C)=O)[C@@H]1OC(C)=O. The van der Waals surface area contributed by atoms with Crippen LogP contribution in [0.25, 0.3) is 0 Å². The van der Waals surface area contributed by atoms with Crippen LogP contribution in [0.1, 0.15) is 140 Å². The third-order valence-corrected chi connectivity index (χ3v) is 18.1. The van der Waals surface area contributed by atoms with Gasteiger partial charge in [-0.3, -0.25) is 33.6 Å². The van der Waals surface area contributed by atoms with Gasteiger partial charge in [-0.1, -0.05) is 27.7 Å². The fraction of sp³-hybridized carbons (Fsp3) is 0.868. The lowest BCUT2D eigenvalue weighted by molar-refractivity contribution is -0.365. The van der Waals surface area contributed by atoms with Crippen molar-refractivity contribution in [3.05, 3.63) is 0 Å². The summed E-state index contributed by atoms with van der Waals surface area (Å²) in [6.07, 6.45) is -5.52. The second kappa shape index (κ2) is 22.0. The van der Waals surface area contributed by atoms with Gasteiger partial charge in [-0.25, -0.2) is 0 Å². The van der Waals surface area contributed by atoms with E-state index in [0.717, 1.165) is 92.6 Å². The van der Waals surface area contributed by atoms with E-state index in [1.54, 1.807) is 0 Å². The summed E-state index contributed by atoms with van der Waals surface area (Å²) in [5.41, 5.74) is 0.242. The molecular weight excluding hydrogens is 957 g/mol. The molecule has 0 aromatic heterocycles. The van der Waals surface area contributed by atoms with Gasteiger partial charge < -0.3 is 61.6 Å². The summed E-state index contributed by atoms with van der Waals surface area (Å²) >= 11 is 0. The molecule has 4 aliphatic heterocycles. The van der Waals surface area contributed by atoms with Crippen LogP contribution in [0.4, 0.5) is 0 Å². The molecule has 20 heteroatoms. The zero-order valence-electron chi connectivity index (χ0n) is 44.3. The molecule has 0 aromatic rings. The molecule has 410 valence electrons. The second-order valence-corrected chi connectivity index (χ2v) is 22.9. The highest BCUT2D eigenvalue weighted by Gasteiger charge is 2.69. The Hall–Kier alpha value is -3.95. The Balaban J connectivity index is 1.03. The molecule has 20 nitrogen and oxygen atoms in total. The summed E-state index contributed by atoms with van der Waals surface area (Å²) in [7, 11) is 0. The van der Waals surface area contributed by atoms with E-state index in [4.69, 9.17) is 61.6 Å². The molecule has 4 saturated heterocycles. The highest BCUT2D eigenvalue weighted by atomic mass is 16.8. The van der Waals surface area contributed by atoms with E-state index in [1.807, 2.05) is 0 Å². The Kier molecular flexibility index (Phi) is 16.6. The molecule has 0 amide bonds. The van der Waals surface area contributed by atoms with Crippen molar-refractivity contribution in [1.82, 2.24) is 0 Å². The monoisotopic (exact) mass is 1030 g/mol. The Morgan fingerprint density at radius 2 is 1.04 bits per heavy atom. The van der Waals surface area contributed by atoms with E-state index in [1.165, 1.54) is 13.8 Å². The summed E-state index contributed by atoms with van der Waals surface area (Å²) in [4.78, 5) is 88.3. The Morgan fingerprint density at radius 3 is 1.59 bits per heavy atom. The zero-order chi connectivity index (χ0) is 52.9. The number of hydrogen-bond donors (Lipinski definition) is 0. The van der Waals surface area contributed by atoms with Gasteiger partial charge in [-0.05, 0) is 104 Å². The van der Waals surface area contributed by atoms with Crippen molar-refractivity contribution < 1.29 is 95.1 Å². The molecule has 3 unspecified atom stereocenters. The Morgan fingerprint density at radius 1 is 0.521 bits per heavy atom. The van der Waals surface area contributed by atoms with Gasteiger partial charge in [0.25, 0.3) is 0 Å². The summed E-state index contributed by atoms with van der Waals surface area (Å²) in [5.74, 6) is -2.67. The molecule has 22 atom stereocenters. The van der Waals surface area contributed by atoms with Crippen LogP contribution >= 0.6 is 0 Å². The van der Waals surface area contributed by atoms with Gasteiger partial charge in [-0.2, -0.15) is 0 Å². The molecule has 0 aromatic carbocycles. The maximum atomic E-state index is 13.1. The Bertz CT molecular complexity index is 2070. The molecule has 4 heterocycles. The highest BCUT2D eigenvalue weighted by molar-refractivity contribution is 5.69. The zero-order valence-corrected chi connectivity index (χ0v) is 44.3. The van der Waals surface area contributed by atoms with Crippen molar-refractivity contribution in [2.45, 2.75) is 220 Å². The second-order valence-electron chi connectivity index (χ2n) is 22.9. The number of carbonyl (C=O) groups excluding carboxylic acids is 7. The normalized spacial score (nSPS) is 44.7. The number of hydrogen-bond acceptors (Lipinski definition) is 20. The van der Waals surface area contributed by atoms with Crippen LogP contribution in [-0.4, -0.2) is 141 Å². The van der Waals surface area contributed by atoms with Gasteiger partial charge in [0.1, 0.15) is 31.5 Å². The van der Waals surface area contributed by atoms with E-state index in [0.29, 0.717) is 54.3 Å². The number of esters is 7. The summed E-state index contributed by atoms with van der Waals surface area (Å²) in [6, 6.07) is 0. The van der Waals surface area contributed by atoms with Crippen molar-refractivity contribution in [3.63, 3.8) is 0 Å². The third-order valence-electron chi connectivity index (χ3n) is 18.1. The predicted molar refractivity (Wildman–Crippen MR) is 250 cm³/mol.